The van der Waals surface area contributed by atoms with Gasteiger partial charge in [-0.3, -0.25) is 0 Å². The summed E-state index contributed by atoms with van der Waals surface area (Å²) in [6, 6.07) is 0. The monoisotopic (exact) mass is 208 g/mol. The van der Waals surface area contributed by atoms with Gasteiger partial charge in [-0.05, 0) is 26.2 Å². The van der Waals surface area contributed by atoms with E-state index in [0.717, 1.165) is 12.8 Å². The second kappa shape index (κ2) is 13.7. The van der Waals surface area contributed by atoms with Crippen LogP contribution in [0.4, 0.5) is 0 Å². The first kappa shape index (κ1) is 14.7. The van der Waals surface area contributed by atoms with Gasteiger partial charge in [-0.25, -0.2) is 0 Å². The van der Waals surface area contributed by atoms with Crippen LogP contribution in [0, 0.1) is 13.8 Å². The van der Waals surface area contributed by atoms with E-state index >= 15 is 0 Å². The predicted octanol–water partition coefficient (Wildman–Crippen LogP) is 5.50. The van der Waals surface area contributed by atoms with Crippen LogP contribution in [0.15, 0.2) is 12.2 Å². The molecule has 0 aromatic heterocycles. The van der Waals surface area contributed by atoms with Crippen molar-refractivity contribution in [3.63, 3.8) is 0 Å². The van der Waals surface area contributed by atoms with E-state index in [4.69, 9.17) is 0 Å². The number of rotatable bonds is 11. The van der Waals surface area contributed by atoms with Gasteiger partial charge < -0.3 is 0 Å². The van der Waals surface area contributed by atoms with Gasteiger partial charge in [0.1, 0.15) is 0 Å². The minimum atomic E-state index is 0.937. The Morgan fingerprint density at radius 2 is 1.13 bits per heavy atom. The lowest BCUT2D eigenvalue weighted by Crippen LogP contribution is -1.80. The number of unbranched alkanes of at least 4 members (excludes halogenated alkanes) is 9. The van der Waals surface area contributed by atoms with Crippen LogP contribution in [0.5, 0.6) is 0 Å². The average molecular weight is 208 g/mol. The Labute approximate surface area is 97.2 Å². The van der Waals surface area contributed by atoms with E-state index in [-0.39, 0.29) is 0 Å². The summed E-state index contributed by atoms with van der Waals surface area (Å²) in [7, 11) is 0. The molecule has 0 saturated carbocycles. The molecule has 0 aliphatic rings. The normalized spacial score (nSPS) is 11.3. The highest BCUT2D eigenvalue weighted by Gasteiger charge is 1.90. The zero-order chi connectivity index (χ0) is 11.2. The van der Waals surface area contributed by atoms with E-state index in [0.29, 0.717) is 0 Å². The van der Waals surface area contributed by atoms with Crippen molar-refractivity contribution in [2.75, 3.05) is 0 Å². The van der Waals surface area contributed by atoms with Gasteiger partial charge in [0.25, 0.3) is 0 Å². The molecule has 0 saturated heterocycles. The third kappa shape index (κ3) is 13.7. The van der Waals surface area contributed by atoms with Gasteiger partial charge in [0.05, 0.1) is 0 Å². The van der Waals surface area contributed by atoms with E-state index in [1.54, 1.807) is 0 Å². The number of hydrogen-bond acceptors (Lipinski definition) is 0. The van der Waals surface area contributed by atoms with Crippen LogP contribution in [0.25, 0.3) is 0 Å². The van der Waals surface area contributed by atoms with Gasteiger partial charge in [-0.1, -0.05) is 70.4 Å². The molecule has 88 valence electrons. The molecule has 0 aliphatic carbocycles. The Bertz CT molecular complexity index is 124. The van der Waals surface area contributed by atoms with Crippen molar-refractivity contribution >= 4 is 0 Å². The summed E-state index contributed by atoms with van der Waals surface area (Å²) in [4.78, 5) is 0. The highest BCUT2D eigenvalue weighted by Crippen LogP contribution is 2.10. The minimum absolute atomic E-state index is 0.937. The third-order valence-corrected chi connectivity index (χ3v) is 2.70. The summed E-state index contributed by atoms with van der Waals surface area (Å²) in [5, 5.41) is 0. The van der Waals surface area contributed by atoms with Crippen molar-refractivity contribution in [1.82, 2.24) is 0 Å². The minimum Gasteiger partial charge on any atom is -0.0885 e. The molecule has 2 radical (unpaired) electrons. The maximum Gasteiger partial charge on any atom is -0.0351 e. The number of allylic oxidation sites excluding steroid dienone is 2. The zero-order valence-electron chi connectivity index (χ0n) is 10.3. The molecule has 0 unspecified atom stereocenters. The second-order valence-electron chi connectivity index (χ2n) is 4.23. The summed E-state index contributed by atoms with van der Waals surface area (Å²) in [5.41, 5.74) is 0. The van der Waals surface area contributed by atoms with Gasteiger partial charge in [0.15, 0.2) is 0 Å². The van der Waals surface area contributed by atoms with Gasteiger partial charge in [-0.2, -0.15) is 0 Å². The van der Waals surface area contributed by atoms with E-state index < -0.39 is 0 Å². The first-order valence-corrected chi connectivity index (χ1v) is 6.65. The molecule has 0 heterocycles. The molecule has 0 amide bonds. The largest absolute Gasteiger partial charge is 0.0885 e. The maximum absolute atomic E-state index is 3.86. The van der Waals surface area contributed by atoms with Crippen molar-refractivity contribution in [2.24, 2.45) is 0 Å². The molecule has 0 N–H and O–H groups in total. The molecule has 0 rings (SSSR count). The average Bonchev–Trinajstić information content (AvgIpc) is 2.26. The highest BCUT2D eigenvalue weighted by atomic mass is 14.0. The standard InChI is InChI=1S/C15H28/c1-3-5-7-9-11-13-15-14-12-10-8-6-4-2/h5,7H,1-4,6,8-15H2. The molecule has 0 fully saturated rings. The Kier molecular flexibility index (Phi) is 13.5. The third-order valence-electron chi connectivity index (χ3n) is 2.70. The molecule has 0 spiro atoms. The molecule has 0 aliphatic heterocycles. The Morgan fingerprint density at radius 1 is 0.600 bits per heavy atom. The molecular weight excluding hydrogens is 180 g/mol. The van der Waals surface area contributed by atoms with E-state index in [1.165, 1.54) is 57.8 Å². The highest BCUT2D eigenvalue weighted by molar-refractivity contribution is 4.81. The van der Waals surface area contributed by atoms with Crippen molar-refractivity contribution in [2.45, 2.75) is 70.6 Å². The van der Waals surface area contributed by atoms with Crippen molar-refractivity contribution < 1.29 is 0 Å². The second-order valence-corrected chi connectivity index (χ2v) is 4.23. The molecule has 0 aromatic carbocycles. The van der Waals surface area contributed by atoms with Crippen LogP contribution in [0.1, 0.15) is 70.6 Å². The van der Waals surface area contributed by atoms with Crippen LogP contribution in [0.3, 0.4) is 0 Å². The van der Waals surface area contributed by atoms with E-state index in [2.05, 4.69) is 26.0 Å². The van der Waals surface area contributed by atoms with Crippen LogP contribution in [0.2, 0.25) is 0 Å². The lowest BCUT2D eigenvalue weighted by molar-refractivity contribution is 0.571. The molecule has 0 bridgehead atoms. The fourth-order valence-corrected chi connectivity index (χ4v) is 1.74. The quantitative estimate of drug-likeness (QED) is 0.310. The predicted molar refractivity (Wildman–Crippen MR) is 70.6 cm³/mol. The topological polar surface area (TPSA) is 0 Å². The lowest BCUT2D eigenvalue weighted by Gasteiger charge is -2.00. The van der Waals surface area contributed by atoms with Crippen LogP contribution in [-0.2, 0) is 0 Å². The van der Waals surface area contributed by atoms with Gasteiger partial charge in [0, 0.05) is 0 Å². The first-order chi connectivity index (χ1) is 7.41. The molecule has 0 aromatic rings. The molecule has 0 nitrogen and oxygen atoms in total. The SMILES string of the molecule is [CH2]CC=CCCCCCCCCCC[CH2]. The summed E-state index contributed by atoms with van der Waals surface area (Å²) < 4.78 is 0. The van der Waals surface area contributed by atoms with Crippen LogP contribution >= 0.6 is 0 Å². The van der Waals surface area contributed by atoms with Gasteiger partial charge >= 0.3 is 0 Å². The fraction of sp³-hybridized carbons (Fsp3) is 0.733. The first-order valence-electron chi connectivity index (χ1n) is 6.65. The van der Waals surface area contributed by atoms with Gasteiger partial charge in [-0.15, -0.1) is 0 Å². The Morgan fingerprint density at radius 3 is 1.67 bits per heavy atom. The summed E-state index contributed by atoms with van der Waals surface area (Å²) in [5.74, 6) is 0. The molecule has 0 heteroatoms. The van der Waals surface area contributed by atoms with Crippen molar-refractivity contribution in [3.05, 3.63) is 26.0 Å². The summed E-state index contributed by atoms with van der Waals surface area (Å²) in [6.07, 6.45) is 18.9. The molecule has 0 atom stereocenters. The smallest absolute Gasteiger partial charge is 0.0351 e. The lowest BCUT2D eigenvalue weighted by atomic mass is 10.1. The fourth-order valence-electron chi connectivity index (χ4n) is 1.74. The Balaban J connectivity index is 2.89. The van der Waals surface area contributed by atoms with E-state index in [1.807, 2.05) is 0 Å². The van der Waals surface area contributed by atoms with Gasteiger partial charge in [0.2, 0.25) is 0 Å². The van der Waals surface area contributed by atoms with E-state index in [9.17, 15) is 0 Å². The zero-order valence-corrected chi connectivity index (χ0v) is 10.3. The Hall–Kier alpha value is -0.260. The molecular formula is C15H28. The summed E-state index contributed by atoms with van der Waals surface area (Å²) >= 11 is 0. The summed E-state index contributed by atoms with van der Waals surface area (Å²) in [6.45, 7) is 7.63. The number of hydrogen-bond donors (Lipinski definition) is 0. The van der Waals surface area contributed by atoms with Crippen molar-refractivity contribution in [1.29, 1.82) is 0 Å². The van der Waals surface area contributed by atoms with Crippen LogP contribution < -0.4 is 0 Å². The molecule has 15 heavy (non-hydrogen) atoms. The maximum atomic E-state index is 3.86. The van der Waals surface area contributed by atoms with Crippen LogP contribution in [-0.4, -0.2) is 0 Å². The van der Waals surface area contributed by atoms with Crippen molar-refractivity contribution in [3.8, 4) is 0 Å².